The Morgan fingerprint density at radius 3 is 1.60 bits per heavy atom. The molecule has 0 fully saturated rings. The Kier molecular flexibility index (Phi) is 13.7. The molecule has 5 nitrogen and oxygen atoms in total. The molecule has 0 saturated carbocycles. The fourth-order valence-corrected chi connectivity index (χ4v) is 13.0. The van der Waals surface area contributed by atoms with Crippen LogP contribution in [-0.2, 0) is 42.7 Å². The number of anilines is 4. The van der Waals surface area contributed by atoms with Gasteiger partial charge in [0.25, 0.3) is 0 Å². The van der Waals surface area contributed by atoms with Gasteiger partial charge in [-0.2, -0.15) is 6.07 Å². The van der Waals surface area contributed by atoms with Crippen molar-refractivity contribution < 1.29 is 25.8 Å². The van der Waals surface area contributed by atoms with Crippen molar-refractivity contribution in [3.05, 3.63) is 294 Å². The van der Waals surface area contributed by atoms with E-state index < -0.39 is 5.41 Å². The molecule has 3 heterocycles. The quantitative estimate of drug-likeness (QED) is 0.135. The molecular formula is C79H67N4OPt-3. The molecule has 0 atom stereocenters. The Balaban J connectivity index is 0.00000672. The normalized spacial score (nSPS) is 13.6. The van der Waals surface area contributed by atoms with Crippen LogP contribution in [0.3, 0.4) is 0 Å². The average molecular weight is 1280 g/mol. The van der Waals surface area contributed by atoms with Gasteiger partial charge in [0.05, 0.1) is 0 Å². The summed E-state index contributed by atoms with van der Waals surface area (Å²) in [5.74, 6) is 1.97. The van der Waals surface area contributed by atoms with E-state index in [1.807, 2.05) is 6.20 Å². The smallest absolute Gasteiger partial charge is 0.135 e. The molecule has 1 aliphatic heterocycles. The maximum atomic E-state index is 7.37. The van der Waals surface area contributed by atoms with Crippen molar-refractivity contribution in [3.8, 4) is 50.7 Å². The third-order valence-corrected chi connectivity index (χ3v) is 17.3. The molecule has 0 spiro atoms. The van der Waals surface area contributed by atoms with Gasteiger partial charge >= 0.3 is 0 Å². The van der Waals surface area contributed by atoms with Crippen LogP contribution in [0.4, 0.5) is 22.7 Å². The van der Waals surface area contributed by atoms with Crippen LogP contribution in [0.1, 0.15) is 101 Å². The Morgan fingerprint density at radius 2 is 0.988 bits per heavy atom. The SMILES string of the molecule is CC(C)(C)c1ccc(C2(c3cc(Oc4[c-]c5c(cc4)c4ccccc4n5-c4cc(C(C)(C)C)ccn4)[c-]c(N4[CH-]N(c5c(-c6ccccc6)cc(C(C)(C)C)cc5-c5ccccc5)c5ccccc54)c3)c3ccccc3-c3ccccc32)cc1.[Pt]. The van der Waals surface area contributed by atoms with E-state index in [0.717, 1.165) is 78.2 Å². The van der Waals surface area contributed by atoms with Gasteiger partial charge in [-0.25, -0.2) is 4.98 Å². The molecule has 6 heteroatoms. The molecule has 10 aromatic carbocycles. The predicted molar refractivity (Wildman–Crippen MR) is 349 cm³/mol. The van der Waals surface area contributed by atoms with Gasteiger partial charge in [-0.15, -0.1) is 53.6 Å². The predicted octanol–water partition coefficient (Wildman–Crippen LogP) is 20.6. The summed E-state index contributed by atoms with van der Waals surface area (Å²) in [6.45, 7) is 22.8. The number of aromatic nitrogens is 2. The number of hydrogen-bond acceptors (Lipinski definition) is 4. The first-order valence-corrected chi connectivity index (χ1v) is 29.3. The van der Waals surface area contributed by atoms with E-state index in [4.69, 9.17) is 9.72 Å². The summed E-state index contributed by atoms with van der Waals surface area (Å²) in [7, 11) is 0. The van der Waals surface area contributed by atoms with Gasteiger partial charge < -0.3 is 19.1 Å². The zero-order valence-corrected chi connectivity index (χ0v) is 51.9. The molecule has 0 saturated heterocycles. The van der Waals surface area contributed by atoms with E-state index in [-0.39, 0.29) is 37.3 Å². The van der Waals surface area contributed by atoms with Crippen molar-refractivity contribution in [2.75, 3.05) is 9.80 Å². The first kappa shape index (κ1) is 55.4. The molecule has 1 aliphatic carbocycles. The van der Waals surface area contributed by atoms with Crippen LogP contribution in [0, 0.1) is 18.8 Å². The largest absolute Gasteiger partial charge is 0.509 e. The summed E-state index contributed by atoms with van der Waals surface area (Å²) >= 11 is 0. The van der Waals surface area contributed by atoms with E-state index in [1.165, 1.54) is 44.5 Å². The summed E-state index contributed by atoms with van der Waals surface area (Å²) in [5, 5.41) is 2.19. The van der Waals surface area contributed by atoms with Crippen LogP contribution in [-0.4, -0.2) is 9.55 Å². The molecule has 0 bridgehead atoms. The summed E-state index contributed by atoms with van der Waals surface area (Å²) in [6, 6.07) is 92.0. The molecule has 2 aliphatic rings. The molecule has 14 rings (SSSR count). The van der Waals surface area contributed by atoms with Crippen LogP contribution in [0.25, 0.3) is 61.0 Å². The second-order valence-corrected chi connectivity index (χ2v) is 25.7. The van der Waals surface area contributed by atoms with Gasteiger partial charge in [0, 0.05) is 77.9 Å². The third-order valence-electron chi connectivity index (χ3n) is 17.3. The summed E-state index contributed by atoms with van der Waals surface area (Å²) in [5.41, 5.74) is 20.4. The Morgan fingerprint density at radius 1 is 0.435 bits per heavy atom. The average Bonchev–Trinajstić information content (AvgIpc) is 1.62. The van der Waals surface area contributed by atoms with E-state index in [9.17, 15) is 0 Å². The first-order valence-electron chi connectivity index (χ1n) is 29.3. The molecular weight excluding hydrogens is 1220 g/mol. The second-order valence-electron chi connectivity index (χ2n) is 25.7. The fourth-order valence-electron chi connectivity index (χ4n) is 13.0. The van der Waals surface area contributed by atoms with Crippen molar-refractivity contribution in [1.29, 1.82) is 0 Å². The van der Waals surface area contributed by atoms with E-state index in [2.05, 4.69) is 326 Å². The Labute approximate surface area is 515 Å². The minimum Gasteiger partial charge on any atom is -0.509 e. The number of nitrogens with zero attached hydrogens (tertiary/aromatic N) is 4. The summed E-state index contributed by atoms with van der Waals surface area (Å²) in [4.78, 5) is 9.72. The number of benzene rings is 10. The van der Waals surface area contributed by atoms with E-state index in [0.29, 0.717) is 11.5 Å². The maximum absolute atomic E-state index is 7.37. The second kappa shape index (κ2) is 21.1. The zero-order valence-electron chi connectivity index (χ0n) is 49.6. The summed E-state index contributed by atoms with van der Waals surface area (Å²) in [6.07, 6.45) is 1.92. The van der Waals surface area contributed by atoms with Crippen molar-refractivity contribution in [2.45, 2.75) is 84.0 Å². The maximum Gasteiger partial charge on any atom is 0.135 e. The van der Waals surface area contributed by atoms with Gasteiger partial charge in [-0.1, -0.05) is 232 Å². The van der Waals surface area contributed by atoms with Crippen LogP contribution < -0.4 is 14.5 Å². The monoisotopic (exact) mass is 1280 g/mol. The van der Waals surface area contributed by atoms with Gasteiger partial charge in [-0.05, 0) is 120 Å². The molecule has 0 radical (unpaired) electrons. The van der Waals surface area contributed by atoms with Crippen LogP contribution >= 0.6 is 0 Å². The zero-order chi connectivity index (χ0) is 57.7. The molecule has 85 heavy (non-hydrogen) atoms. The number of ether oxygens (including phenoxy) is 1. The number of hydrogen-bond donors (Lipinski definition) is 0. The Hall–Kier alpha value is -8.76. The number of fused-ring (bicyclic) bond motifs is 7. The van der Waals surface area contributed by atoms with Crippen LogP contribution in [0.2, 0.25) is 0 Å². The minimum absolute atomic E-state index is 0. The van der Waals surface area contributed by atoms with Gasteiger partial charge in [0.15, 0.2) is 0 Å². The number of pyridine rings is 1. The molecule has 2 aromatic heterocycles. The molecule has 0 amide bonds. The van der Waals surface area contributed by atoms with Crippen molar-refractivity contribution in [3.63, 3.8) is 0 Å². The van der Waals surface area contributed by atoms with Gasteiger partial charge in [0.1, 0.15) is 5.82 Å². The van der Waals surface area contributed by atoms with Crippen molar-refractivity contribution >= 4 is 44.6 Å². The van der Waals surface area contributed by atoms with Gasteiger partial charge in [-0.3, -0.25) is 0 Å². The first-order chi connectivity index (χ1) is 40.5. The van der Waals surface area contributed by atoms with Crippen LogP contribution in [0.15, 0.2) is 237 Å². The minimum atomic E-state index is -0.766. The van der Waals surface area contributed by atoms with Crippen molar-refractivity contribution in [2.24, 2.45) is 0 Å². The van der Waals surface area contributed by atoms with Gasteiger partial charge in [0.2, 0.25) is 0 Å². The summed E-state index contributed by atoms with van der Waals surface area (Å²) < 4.78 is 9.60. The molecule has 12 aromatic rings. The van der Waals surface area contributed by atoms with E-state index in [1.54, 1.807) is 0 Å². The standard InChI is InChI=1S/C79H67N4O.Pt/c1-76(2,3)54-36-38-55(39-37-54)79(68-31-19-16-28-62(68)63-29-17-20-32-69(63)79)58-44-59(49-61(45-58)84-60-40-41-65-64-30-18-21-33-70(64)83(73(65)50-60)74-48-56(42-43-80-74)77(4,5)6)81-51-82(72-35-23-22-34-71(72)81)75-66(52-24-12-10-13-25-52)46-57(78(7,8)9)47-67(75)53-26-14-11-15-27-53;/h10-48,51H,1-9H3;/q-3;. The number of para-hydroxylation sites is 3. The fraction of sp³-hybridized carbons (Fsp3) is 0.165. The third kappa shape index (κ3) is 9.49. The van der Waals surface area contributed by atoms with Crippen LogP contribution in [0.5, 0.6) is 11.5 Å². The topological polar surface area (TPSA) is 33.5 Å². The van der Waals surface area contributed by atoms with E-state index >= 15 is 0 Å². The molecule has 422 valence electrons. The molecule has 0 unspecified atom stereocenters. The number of rotatable bonds is 9. The Bertz CT molecular complexity index is 4400. The molecule has 0 N–H and O–H groups in total. The van der Waals surface area contributed by atoms with Crippen molar-refractivity contribution in [1.82, 2.24) is 9.55 Å².